The van der Waals surface area contributed by atoms with Crippen molar-refractivity contribution < 1.29 is 4.74 Å². The number of nitrogens with two attached hydrogens (primary N) is 1. The zero-order chi connectivity index (χ0) is 14.8. The second kappa shape index (κ2) is 5.85. The molecule has 3 rings (SSSR count). The van der Waals surface area contributed by atoms with E-state index in [9.17, 15) is 4.79 Å². The van der Waals surface area contributed by atoms with E-state index < -0.39 is 0 Å². The normalized spacial score (nSPS) is 14.3. The van der Waals surface area contributed by atoms with Crippen molar-refractivity contribution in [2.75, 3.05) is 12.3 Å². The molecule has 1 aliphatic carbocycles. The first kappa shape index (κ1) is 14.1. The van der Waals surface area contributed by atoms with Crippen molar-refractivity contribution >= 4 is 17.4 Å². The monoisotopic (exact) mass is 306 g/mol. The largest absolute Gasteiger partial charge is 0.491 e. The maximum absolute atomic E-state index is 11.8. The second-order valence-corrected chi connectivity index (χ2v) is 6.10. The Balaban J connectivity index is 1.83. The van der Waals surface area contributed by atoms with E-state index in [1.807, 2.05) is 25.1 Å². The van der Waals surface area contributed by atoms with Crippen molar-refractivity contribution in [2.24, 2.45) is 0 Å². The number of anilines is 1. The summed E-state index contributed by atoms with van der Waals surface area (Å²) in [6.45, 7) is 2.68. The Morgan fingerprint density at radius 3 is 3.05 bits per heavy atom. The summed E-state index contributed by atoms with van der Waals surface area (Å²) in [5.41, 5.74) is 6.38. The Bertz CT molecular complexity index is 691. The van der Waals surface area contributed by atoms with Gasteiger partial charge in [0.25, 0.3) is 0 Å². The minimum atomic E-state index is -0.141. The Hall–Kier alpha value is -1.89. The van der Waals surface area contributed by atoms with Crippen LogP contribution in [0.5, 0.6) is 5.75 Å². The van der Waals surface area contributed by atoms with Gasteiger partial charge in [0, 0.05) is 10.9 Å². The van der Waals surface area contributed by atoms with Crippen molar-refractivity contribution in [2.45, 2.75) is 42.3 Å². The molecule has 0 unspecified atom stereocenters. The summed E-state index contributed by atoms with van der Waals surface area (Å²) < 4.78 is 7.35. The van der Waals surface area contributed by atoms with Crippen LogP contribution in [0.3, 0.4) is 0 Å². The van der Waals surface area contributed by atoms with Gasteiger partial charge in [-0.25, -0.2) is 9.89 Å². The Morgan fingerprint density at radius 2 is 2.33 bits per heavy atom. The SMILES string of the molecule is CCCOc1cc(Sc2n[nH]c(=O)n2C2CC2)ccc1N. The van der Waals surface area contributed by atoms with Crippen LogP contribution in [0.25, 0.3) is 0 Å². The third-order valence-electron chi connectivity index (χ3n) is 3.24. The molecule has 0 saturated heterocycles. The van der Waals surface area contributed by atoms with Crippen LogP contribution in [0.15, 0.2) is 33.0 Å². The maximum atomic E-state index is 11.8. The third-order valence-corrected chi connectivity index (χ3v) is 4.20. The van der Waals surface area contributed by atoms with Crippen LogP contribution in [-0.4, -0.2) is 21.4 Å². The molecule has 0 bridgehead atoms. The van der Waals surface area contributed by atoms with Crippen molar-refractivity contribution in [1.29, 1.82) is 0 Å². The molecule has 1 aromatic carbocycles. The third kappa shape index (κ3) is 3.07. The fraction of sp³-hybridized carbons (Fsp3) is 0.429. The van der Waals surface area contributed by atoms with E-state index in [2.05, 4.69) is 10.2 Å². The summed E-state index contributed by atoms with van der Waals surface area (Å²) in [7, 11) is 0. The fourth-order valence-electron chi connectivity index (χ4n) is 2.04. The molecule has 2 aromatic rings. The van der Waals surface area contributed by atoms with Crippen molar-refractivity contribution in [1.82, 2.24) is 14.8 Å². The number of H-pyrrole nitrogens is 1. The van der Waals surface area contributed by atoms with Crippen molar-refractivity contribution in [3.05, 3.63) is 28.7 Å². The highest BCUT2D eigenvalue weighted by Gasteiger charge is 2.28. The quantitative estimate of drug-likeness (QED) is 0.801. The van der Waals surface area contributed by atoms with Gasteiger partial charge in [-0.2, -0.15) is 0 Å². The smallest absolute Gasteiger partial charge is 0.344 e. The predicted octanol–water partition coefficient (Wildman–Crippen LogP) is 2.43. The van der Waals surface area contributed by atoms with Crippen molar-refractivity contribution in [3.8, 4) is 5.75 Å². The maximum Gasteiger partial charge on any atom is 0.344 e. The number of nitrogen functional groups attached to an aromatic ring is 1. The zero-order valence-corrected chi connectivity index (χ0v) is 12.7. The number of hydrogen-bond donors (Lipinski definition) is 2. The van der Waals surface area contributed by atoms with E-state index in [0.717, 1.165) is 24.2 Å². The van der Waals surface area contributed by atoms with Gasteiger partial charge in [0.2, 0.25) is 0 Å². The van der Waals surface area contributed by atoms with Gasteiger partial charge in [0.15, 0.2) is 5.16 Å². The Kier molecular flexibility index (Phi) is 3.92. The number of benzene rings is 1. The molecule has 7 heteroatoms. The number of ether oxygens (including phenoxy) is 1. The van der Waals surface area contributed by atoms with E-state index in [0.29, 0.717) is 29.2 Å². The highest BCUT2D eigenvalue weighted by molar-refractivity contribution is 7.99. The minimum Gasteiger partial charge on any atom is -0.491 e. The van der Waals surface area contributed by atoms with E-state index >= 15 is 0 Å². The number of aromatic amines is 1. The minimum absolute atomic E-state index is 0.141. The molecule has 0 amide bonds. The van der Waals surface area contributed by atoms with Crippen LogP contribution in [0.4, 0.5) is 5.69 Å². The Morgan fingerprint density at radius 1 is 1.52 bits per heavy atom. The van der Waals surface area contributed by atoms with Gasteiger partial charge < -0.3 is 10.5 Å². The van der Waals surface area contributed by atoms with E-state index in [-0.39, 0.29) is 5.69 Å². The van der Waals surface area contributed by atoms with Crippen LogP contribution in [-0.2, 0) is 0 Å². The molecular formula is C14H18N4O2S. The van der Waals surface area contributed by atoms with Gasteiger partial charge in [-0.15, -0.1) is 5.10 Å². The van der Waals surface area contributed by atoms with Gasteiger partial charge in [-0.1, -0.05) is 6.92 Å². The molecule has 1 saturated carbocycles. The van der Waals surface area contributed by atoms with Gasteiger partial charge in [-0.3, -0.25) is 4.57 Å². The highest BCUT2D eigenvalue weighted by atomic mass is 32.2. The van der Waals surface area contributed by atoms with Crippen molar-refractivity contribution in [3.63, 3.8) is 0 Å². The molecule has 0 radical (unpaired) electrons. The molecule has 1 heterocycles. The molecule has 0 spiro atoms. The Labute approximate surface area is 126 Å². The summed E-state index contributed by atoms with van der Waals surface area (Å²) in [4.78, 5) is 12.7. The van der Waals surface area contributed by atoms with Crippen LogP contribution >= 0.6 is 11.8 Å². The van der Waals surface area contributed by atoms with E-state index in [1.165, 1.54) is 11.8 Å². The predicted molar refractivity (Wildman–Crippen MR) is 81.9 cm³/mol. The summed E-state index contributed by atoms with van der Waals surface area (Å²) in [6.07, 6.45) is 3.01. The summed E-state index contributed by atoms with van der Waals surface area (Å²) in [5, 5.41) is 7.31. The lowest BCUT2D eigenvalue weighted by Crippen LogP contribution is -2.15. The van der Waals surface area contributed by atoms with Crippen LogP contribution in [0.2, 0.25) is 0 Å². The molecule has 112 valence electrons. The summed E-state index contributed by atoms with van der Waals surface area (Å²) in [5.74, 6) is 0.678. The number of nitrogens with one attached hydrogen (secondary N) is 1. The first-order valence-electron chi connectivity index (χ1n) is 7.06. The molecule has 1 aromatic heterocycles. The number of rotatable bonds is 6. The fourth-order valence-corrected chi connectivity index (χ4v) is 2.97. The number of hydrogen-bond acceptors (Lipinski definition) is 5. The summed E-state index contributed by atoms with van der Waals surface area (Å²) >= 11 is 1.44. The molecular weight excluding hydrogens is 288 g/mol. The van der Waals surface area contributed by atoms with Gasteiger partial charge >= 0.3 is 5.69 Å². The lowest BCUT2D eigenvalue weighted by atomic mass is 10.3. The van der Waals surface area contributed by atoms with Gasteiger partial charge in [-0.05, 0) is 49.2 Å². The lowest BCUT2D eigenvalue weighted by molar-refractivity contribution is 0.318. The molecule has 1 fully saturated rings. The number of nitrogens with zero attached hydrogens (tertiary/aromatic N) is 2. The zero-order valence-electron chi connectivity index (χ0n) is 11.8. The molecule has 0 atom stereocenters. The highest BCUT2D eigenvalue weighted by Crippen LogP contribution is 2.38. The molecule has 0 aliphatic heterocycles. The first-order chi connectivity index (χ1) is 10.2. The topological polar surface area (TPSA) is 85.9 Å². The summed E-state index contributed by atoms with van der Waals surface area (Å²) in [6, 6.07) is 5.92. The number of aromatic nitrogens is 3. The van der Waals surface area contributed by atoms with Gasteiger partial charge in [0.1, 0.15) is 5.75 Å². The molecule has 3 N–H and O–H groups in total. The average molecular weight is 306 g/mol. The first-order valence-corrected chi connectivity index (χ1v) is 7.87. The van der Waals surface area contributed by atoms with Gasteiger partial charge in [0.05, 0.1) is 12.3 Å². The molecule has 6 nitrogen and oxygen atoms in total. The lowest BCUT2D eigenvalue weighted by Gasteiger charge is -2.10. The second-order valence-electron chi connectivity index (χ2n) is 5.06. The molecule has 1 aliphatic rings. The van der Waals surface area contributed by atoms with E-state index in [4.69, 9.17) is 10.5 Å². The molecule has 21 heavy (non-hydrogen) atoms. The average Bonchev–Trinajstić information content (AvgIpc) is 3.24. The van der Waals surface area contributed by atoms with Crippen LogP contribution < -0.4 is 16.2 Å². The standard InChI is InChI=1S/C14H18N4O2S/c1-2-7-20-12-8-10(5-6-11(12)15)21-14-17-16-13(19)18(14)9-3-4-9/h5-6,8-9H,2-4,7,15H2,1H3,(H,16,19). The van der Waals surface area contributed by atoms with Crippen LogP contribution in [0, 0.1) is 0 Å². The van der Waals surface area contributed by atoms with Crippen LogP contribution in [0.1, 0.15) is 32.2 Å². The van der Waals surface area contributed by atoms with E-state index in [1.54, 1.807) is 4.57 Å².